The van der Waals surface area contributed by atoms with Gasteiger partial charge in [0.1, 0.15) is 0 Å². The molecule has 2 rings (SSSR count). The van der Waals surface area contributed by atoms with Crippen LogP contribution >= 0.6 is 11.6 Å². The van der Waals surface area contributed by atoms with E-state index in [-0.39, 0.29) is 5.91 Å². The van der Waals surface area contributed by atoms with E-state index in [0.29, 0.717) is 6.54 Å². The van der Waals surface area contributed by atoms with Crippen molar-refractivity contribution in [3.63, 3.8) is 0 Å². The van der Waals surface area contributed by atoms with E-state index in [4.69, 9.17) is 11.6 Å². The van der Waals surface area contributed by atoms with Crippen LogP contribution in [0.4, 0.5) is 0 Å². The maximum atomic E-state index is 12.2. The Balaban J connectivity index is 1.84. The predicted octanol–water partition coefficient (Wildman–Crippen LogP) is 1.59. The van der Waals surface area contributed by atoms with Gasteiger partial charge in [0.15, 0.2) is 0 Å². The van der Waals surface area contributed by atoms with Gasteiger partial charge in [-0.1, -0.05) is 23.7 Å². The molecular formula is C15H22ClN3O. The summed E-state index contributed by atoms with van der Waals surface area (Å²) >= 11 is 5.97. The Kier molecular flexibility index (Phi) is 5.83. The molecule has 1 aromatic rings. The minimum Gasteiger partial charge on any atom is -0.340 e. The third-order valence-corrected chi connectivity index (χ3v) is 3.67. The van der Waals surface area contributed by atoms with Crippen molar-refractivity contribution in [3.8, 4) is 0 Å². The molecule has 0 aliphatic carbocycles. The Morgan fingerprint density at radius 2 is 2.25 bits per heavy atom. The van der Waals surface area contributed by atoms with Crippen LogP contribution in [-0.4, -0.2) is 55.5 Å². The smallest absolute Gasteiger partial charge is 0.236 e. The highest BCUT2D eigenvalue weighted by atomic mass is 35.5. The van der Waals surface area contributed by atoms with Crippen LogP contribution in [0.25, 0.3) is 0 Å². The molecule has 0 saturated carbocycles. The van der Waals surface area contributed by atoms with Gasteiger partial charge in [0, 0.05) is 31.2 Å². The number of nitrogens with zero attached hydrogens (tertiary/aromatic N) is 2. The van der Waals surface area contributed by atoms with Gasteiger partial charge >= 0.3 is 0 Å². The third-order valence-electron chi connectivity index (χ3n) is 3.44. The highest BCUT2D eigenvalue weighted by Gasteiger charge is 2.16. The molecule has 20 heavy (non-hydrogen) atoms. The summed E-state index contributed by atoms with van der Waals surface area (Å²) in [6, 6.07) is 7.77. The first kappa shape index (κ1) is 15.3. The van der Waals surface area contributed by atoms with Gasteiger partial charge in [0.05, 0.1) is 6.54 Å². The van der Waals surface area contributed by atoms with Crippen molar-refractivity contribution >= 4 is 17.5 Å². The SMILES string of the molecule is CN(CC(=O)N1CCCNCC1)Cc1cccc(Cl)c1. The zero-order valence-corrected chi connectivity index (χ0v) is 12.7. The molecule has 0 atom stereocenters. The summed E-state index contributed by atoms with van der Waals surface area (Å²) < 4.78 is 0. The first-order chi connectivity index (χ1) is 9.65. The second-order valence-electron chi connectivity index (χ2n) is 5.29. The largest absolute Gasteiger partial charge is 0.340 e. The van der Waals surface area contributed by atoms with Gasteiger partial charge < -0.3 is 10.2 Å². The number of halogens is 1. The quantitative estimate of drug-likeness (QED) is 0.916. The van der Waals surface area contributed by atoms with Crippen LogP contribution in [0.2, 0.25) is 5.02 Å². The van der Waals surface area contributed by atoms with E-state index in [0.717, 1.165) is 49.7 Å². The number of likely N-dealkylation sites (N-methyl/N-ethyl adjacent to an activating group) is 1. The number of nitrogens with one attached hydrogen (secondary N) is 1. The van der Waals surface area contributed by atoms with E-state index in [1.807, 2.05) is 41.1 Å². The molecule has 1 aromatic carbocycles. The fraction of sp³-hybridized carbons (Fsp3) is 0.533. The van der Waals surface area contributed by atoms with Crippen molar-refractivity contribution < 1.29 is 4.79 Å². The topological polar surface area (TPSA) is 35.6 Å². The lowest BCUT2D eigenvalue weighted by molar-refractivity contribution is -0.132. The highest BCUT2D eigenvalue weighted by Crippen LogP contribution is 2.12. The third kappa shape index (κ3) is 4.78. The lowest BCUT2D eigenvalue weighted by Crippen LogP contribution is -2.40. The molecule has 0 aromatic heterocycles. The van der Waals surface area contributed by atoms with Crippen LogP contribution in [0.1, 0.15) is 12.0 Å². The predicted molar refractivity (Wildman–Crippen MR) is 81.9 cm³/mol. The van der Waals surface area contributed by atoms with Crippen LogP contribution in [0, 0.1) is 0 Å². The number of carbonyl (C=O) groups excluding carboxylic acids is 1. The number of hydrogen-bond donors (Lipinski definition) is 1. The summed E-state index contributed by atoms with van der Waals surface area (Å²) in [7, 11) is 1.97. The Labute approximate surface area is 125 Å². The first-order valence-electron chi connectivity index (χ1n) is 7.06. The van der Waals surface area contributed by atoms with Crippen molar-refractivity contribution in [1.82, 2.24) is 15.1 Å². The molecule has 110 valence electrons. The van der Waals surface area contributed by atoms with Crippen LogP contribution < -0.4 is 5.32 Å². The van der Waals surface area contributed by atoms with Gasteiger partial charge in [0.2, 0.25) is 5.91 Å². The fourth-order valence-corrected chi connectivity index (χ4v) is 2.64. The standard InChI is InChI=1S/C15H22ClN3O/c1-18(11-13-4-2-5-14(16)10-13)12-15(20)19-8-3-6-17-7-9-19/h2,4-5,10,17H,3,6-9,11-12H2,1H3. The van der Waals surface area contributed by atoms with Gasteiger partial charge in [-0.2, -0.15) is 0 Å². The summed E-state index contributed by atoms with van der Waals surface area (Å²) in [6.45, 7) is 4.75. The Hall–Kier alpha value is -1.10. The minimum atomic E-state index is 0.207. The number of hydrogen-bond acceptors (Lipinski definition) is 3. The summed E-state index contributed by atoms with van der Waals surface area (Å²) in [6.07, 6.45) is 1.03. The zero-order chi connectivity index (χ0) is 14.4. The molecule has 1 aliphatic rings. The zero-order valence-electron chi connectivity index (χ0n) is 11.9. The van der Waals surface area contributed by atoms with Gasteiger partial charge in [-0.3, -0.25) is 9.69 Å². The monoisotopic (exact) mass is 295 g/mol. The van der Waals surface area contributed by atoms with E-state index in [9.17, 15) is 4.79 Å². The van der Waals surface area contributed by atoms with Gasteiger partial charge in [-0.25, -0.2) is 0 Å². The van der Waals surface area contributed by atoms with Crippen molar-refractivity contribution in [2.45, 2.75) is 13.0 Å². The maximum absolute atomic E-state index is 12.2. The van der Waals surface area contributed by atoms with Crippen LogP contribution in [0.3, 0.4) is 0 Å². The molecule has 5 heteroatoms. The molecule has 1 N–H and O–H groups in total. The van der Waals surface area contributed by atoms with Crippen LogP contribution in [0.5, 0.6) is 0 Å². The van der Waals surface area contributed by atoms with Gasteiger partial charge in [-0.15, -0.1) is 0 Å². The van der Waals surface area contributed by atoms with Gasteiger partial charge in [0.25, 0.3) is 0 Å². The number of benzene rings is 1. The Bertz CT molecular complexity index is 444. The molecule has 0 bridgehead atoms. The normalized spacial score (nSPS) is 16.2. The second kappa shape index (κ2) is 7.62. The summed E-state index contributed by atoms with van der Waals surface area (Å²) in [5.74, 6) is 0.207. The molecule has 1 fully saturated rings. The lowest BCUT2D eigenvalue weighted by atomic mass is 10.2. The van der Waals surface area contributed by atoms with Crippen LogP contribution in [-0.2, 0) is 11.3 Å². The summed E-state index contributed by atoms with van der Waals surface area (Å²) in [5.41, 5.74) is 1.13. The average molecular weight is 296 g/mol. The lowest BCUT2D eigenvalue weighted by Gasteiger charge is -2.24. The highest BCUT2D eigenvalue weighted by molar-refractivity contribution is 6.30. The molecule has 4 nitrogen and oxygen atoms in total. The van der Waals surface area contributed by atoms with Crippen LogP contribution in [0.15, 0.2) is 24.3 Å². The van der Waals surface area contributed by atoms with E-state index < -0.39 is 0 Å². The average Bonchev–Trinajstić information content (AvgIpc) is 2.67. The number of rotatable bonds is 4. The maximum Gasteiger partial charge on any atom is 0.236 e. The minimum absolute atomic E-state index is 0.207. The van der Waals surface area contributed by atoms with E-state index in [1.54, 1.807) is 0 Å². The van der Waals surface area contributed by atoms with Crippen molar-refractivity contribution in [2.24, 2.45) is 0 Å². The van der Waals surface area contributed by atoms with E-state index in [2.05, 4.69) is 5.32 Å². The van der Waals surface area contributed by atoms with E-state index in [1.165, 1.54) is 0 Å². The Morgan fingerprint density at radius 3 is 3.05 bits per heavy atom. The molecule has 1 heterocycles. The van der Waals surface area contributed by atoms with Gasteiger partial charge in [-0.05, 0) is 37.7 Å². The molecule has 0 unspecified atom stereocenters. The number of amides is 1. The molecule has 0 spiro atoms. The summed E-state index contributed by atoms with van der Waals surface area (Å²) in [5, 5.41) is 4.05. The van der Waals surface area contributed by atoms with Crippen molar-refractivity contribution in [2.75, 3.05) is 39.8 Å². The van der Waals surface area contributed by atoms with E-state index >= 15 is 0 Å². The second-order valence-corrected chi connectivity index (χ2v) is 5.72. The van der Waals surface area contributed by atoms with Crippen molar-refractivity contribution in [3.05, 3.63) is 34.9 Å². The molecule has 1 saturated heterocycles. The molecular weight excluding hydrogens is 274 g/mol. The Morgan fingerprint density at radius 1 is 1.40 bits per heavy atom. The number of carbonyl (C=O) groups is 1. The summed E-state index contributed by atoms with van der Waals surface area (Å²) in [4.78, 5) is 16.2. The van der Waals surface area contributed by atoms with Crippen molar-refractivity contribution in [1.29, 1.82) is 0 Å². The molecule has 1 amide bonds. The molecule has 0 radical (unpaired) electrons. The fourth-order valence-electron chi connectivity index (χ4n) is 2.43. The first-order valence-corrected chi connectivity index (χ1v) is 7.44. The molecule has 1 aliphatic heterocycles.